The van der Waals surface area contributed by atoms with Crippen molar-refractivity contribution in [2.24, 2.45) is 11.7 Å². The van der Waals surface area contributed by atoms with Gasteiger partial charge >= 0.3 is 0 Å². The maximum absolute atomic E-state index is 5.96. The molecule has 1 aliphatic heterocycles. The Morgan fingerprint density at radius 1 is 1.35 bits per heavy atom. The number of aromatic nitrogens is 2. The van der Waals surface area contributed by atoms with Crippen molar-refractivity contribution in [2.45, 2.75) is 38.8 Å². The topological polar surface area (TPSA) is 58.3 Å². The summed E-state index contributed by atoms with van der Waals surface area (Å²) in [6.45, 7) is 6.42. The van der Waals surface area contributed by atoms with Gasteiger partial charge in [0, 0.05) is 37.6 Å². The van der Waals surface area contributed by atoms with Gasteiger partial charge < -0.3 is 15.5 Å². The lowest BCUT2D eigenvalue weighted by Crippen LogP contribution is -2.34. The van der Waals surface area contributed by atoms with Gasteiger partial charge in [0.25, 0.3) is 0 Å². The second kappa shape index (κ2) is 6.50. The molecule has 3 unspecified atom stereocenters. The molecule has 0 bridgehead atoms. The zero-order chi connectivity index (χ0) is 14.7. The number of nitrogens with zero attached hydrogens (tertiary/aromatic N) is 4. The first-order chi connectivity index (χ1) is 9.51. The quantitative estimate of drug-likeness (QED) is 0.874. The lowest BCUT2D eigenvalue weighted by molar-refractivity contribution is 0.266. The van der Waals surface area contributed by atoms with E-state index in [1.165, 1.54) is 0 Å². The van der Waals surface area contributed by atoms with E-state index in [1.807, 2.05) is 12.4 Å². The van der Waals surface area contributed by atoms with Crippen LogP contribution in [0.3, 0.4) is 0 Å². The smallest absolute Gasteiger partial charge is 0.225 e. The molecule has 1 fully saturated rings. The molecule has 0 spiro atoms. The molecule has 2 heterocycles. The van der Waals surface area contributed by atoms with Crippen LogP contribution in [-0.2, 0) is 6.42 Å². The van der Waals surface area contributed by atoms with Crippen LogP contribution < -0.4 is 10.6 Å². The van der Waals surface area contributed by atoms with Crippen LogP contribution in [0.25, 0.3) is 0 Å². The van der Waals surface area contributed by atoms with Gasteiger partial charge in [0.05, 0.1) is 0 Å². The SMILES string of the molecule is CCC(N)Cc1cnc(N2CC(C)C(N(C)C)C2)nc1. The van der Waals surface area contributed by atoms with Crippen molar-refractivity contribution in [3.8, 4) is 0 Å². The van der Waals surface area contributed by atoms with Crippen LogP contribution in [0.2, 0.25) is 0 Å². The second-order valence-corrected chi connectivity index (χ2v) is 6.18. The van der Waals surface area contributed by atoms with Crippen LogP contribution in [0.4, 0.5) is 5.95 Å². The highest BCUT2D eigenvalue weighted by Gasteiger charge is 2.32. The molecule has 1 aromatic heterocycles. The fourth-order valence-corrected chi connectivity index (χ4v) is 2.85. The molecule has 0 aliphatic carbocycles. The minimum absolute atomic E-state index is 0.203. The van der Waals surface area contributed by atoms with Gasteiger partial charge in [-0.2, -0.15) is 0 Å². The Bertz CT molecular complexity index is 417. The number of nitrogens with two attached hydrogens (primary N) is 1. The first-order valence-electron chi connectivity index (χ1n) is 7.49. The third kappa shape index (κ3) is 3.46. The highest BCUT2D eigenvalue weighted by atomic mass is 15.3. The number of rotatable bonds is 5. The summed E-state index contributed by atoms with van der Waals surface area (Å²) in [6, 6.07) is 0.779. The highest BCUT2D eigenvalue weighted by molar-refractivity contribution is 5.33. The maximum Gasteiger partial charge on any atom is 0.225 e. The van der Waals surface area contributed by atoms with Gasteiger partial charge in [0.15, 0.2) is 0 Å². The number of anilines is 1. The summed E-state index contributed by atoms with van der Waals surface area (Å²) in [5, 5.41) is 0. The zero-order valence-corrected chi connectivity index (χ0v) is 13.1. The molecule has 0 aromatic carbocycles. The van der Waals surface area contributed by atoms with E-state index in [-0.39, 0.29) is 6.04 Å². The largest absolute Gasteiger partial charge is 0.339 e. The molecule has 2 N–H and O–H groups in total. The molecule has 5 heteroatoms. The summed E-state index contributed by atoms with van der Waals surface area (Å²) in [4.78, 5) is 13.6. The highest BCUT2D eigenvalue weighted by Crippen LogP contribution is 2.23. The molecule has 1 saturated heterocycles. The fraction of sp³-hybridized carbons (Fsp3) is 0.733. The van der Waals surface area contributed by atoms with Crippen LogP contribution in [0.15, 0.2) is 12.4 Å². The molecule has 1 aliphatic rings. The van der Waals surface area contributed by atoms with Crippen LogP contribution in [0.5, 0.6) is 0 Å². The Labute approximate surface area is 122 Å². The van der Waals surface area contributed by atoms with E-state index in [9.17, 15) is 0 Å². The average molecular weight is 277 g/mol. The first-order valence-corrected chi connectivity index (χ1v) is 7.49. The fourth-order valence-electron chi connectivity index (χ4n) is 2.85. The van der Waals surface area contributed by atoms with Crippen LogP contribution >= 0.6 is 0 Å². The molecule has 0 radical (unpaired) electrons. The molecule has 112 valence electrons. The van der Waals surface area contributed by atoms with Crippen LogP contribution in [0, 0.1) is 5.92 Å². The Balaban J connectivity index is 2.00. The lowest BCUT2D eigenvalue weighted by Gasteiger charge is -2.22. The molecule has 1 aromatic rings. The van der Waals surface area contributed by atoms with E-state index in [0.29, 0.717) is 12.0 Å². The van der Waals surface area contributed by atoms with Crippen molar-refractivity contribution in [3.05, 3.63) is 18.0 Å². The molecular formula is C15H27N5. The predicted octanol–water partition coefficient (Wildman–Crippen LogP) is 1.14. The Hall–Kier alpha value is -1.20. The van der Waals surface area contributed by atoms with Crippen molar-refractivity contribution in [3.63, 3.8) is 0 Å². The van der Waals surface area contributed by atoms with Crippen molar-refractivity contribution in [2.75, 3.05) is 32.1 Å². The van der Waals surface area contributed by atoms with E-state index in [1.54, 1.807) is 0 Å². The Morgan fingerprint density at radius 3 is 2.50 bits per heavy atom. The summed E-state index contributed by atoms with van der Waals surface area (Å²) < 4.78 is 0. The van der Waals surface area contributed by atoms with E-state index >= 15 is 0 Å². The molecular weight excluding hydrogens is 250 g/mol. The van der Waals surface area contributed by atoms with Gasteiger partial charge in [0.2, 0.25) is 5.95 Å². The van der Waals surface area contributed by atoms with Gasteiger partial charge in [-0.3, -0.25) is 0 Å². The lowest BCUT2D eigenvalue weighted by atomic mass is 10.1. The standard InChI is InChI=1S/C15H27N5/c1-5-13(16)6-12-7-17-15(18-8-12)20-9-11(2)14(10-20)19(3)4/h7-8,11,13-14H,5-6,9-10,16H2,1-4H3. The molecule has 2 rings (SSSR count). The summed E-state index contributed by atoms with van der Waals surface area (Å²) in [6.07, 6.45) is 5.68. The Morgan fingerprint density at radius 2 is 2.00 bits per heavy atom. The van der Waals surface area contributed by atoms with Crippen LogP contribution in [0.1, 0.15) is 25.8 Å². The summed E-state index contributed by atoms with van der Waals surface area (Å²) >= 11 is 0. The third-order valence-electron chi connectivity index (χ3n) is 4.23. The molecule has 0 saturated carbocycles. The van der Waals surface area contributed by atoms with Crippen LogP contribution in [-0.4, -0.2) is 54.1 Å². The van der Waals surface area contributed by atoms with Gasteiger partial charge in [-0.1, -0.05) is 13.8 Å². The zero-order valence-electron chi connectivity index (χ0n) is 13.1. The maximum atomic E-state index is 5.96. The van der Waals surface area contributed by atoms with Crippen molar-refractivity contribution in [1.29, 1.82) is 0 Å². The van der Waals surface area contributed by atoms with Crippen molar-refractivity contribution < 1.29 is 0 Å². The number of hydrogen-bond acceptors (Lipinski definition) is 5. The second-order valence-electron chi connectivity index (χ2n) is 6.18. The van der Waals surface area contributed by atoms with Crippen molar-refractivity contribution in [1.82, 2.24) is 14.9 Å². The first kappa shape index (κ1) is 15.2. The number of likely N-dealkylation sites (N-methyl/N-ethyl adjacent to an activating group) is 1. The summed E-state index contributed by atoms with van der Waals surface area (Å²) in [5.74, 6) is 1.48. The van der Waals surface area contributed by atoms with Gasteiger partial charge in [-0.05, 0) is 38.4 Å². The molecule has 5 nitrogen and oxygen atoms in total. The molecule has 0 amide bonds. The number of hydrogen-bond donors (Lipinski definition) is 1. The minimum Gasteiger partial charge on any atom is -0.339 e. The van der Waals surface area contributed by atoms with Gasteiger partial charge in [0.1, 0.15) is 0 Å². The minimum atomic E-state index is 0.203. The normalized spacial score (nSPS) is 24.4. The summed E-state index contributed by atoms with van der Waals surface area (Å²) in [7, 11) is 4.28. The Kier molecular flexibility index (Phi) is 4.94. The van der Waals surface area contributed by atoms with E-state index in [0.717, 1.165) is 37.4 Å². The molecule has 3 atom stereocenters. The predicted molar refractivity (Wildman–Crippen MR) is 82.9 cm³/mol. The van der Waals surface area contributed by atoms with Gasteiger partial charge in [-0.25, -0.2) is 9.97 Å². The average Bonchev–Trinajstić information content (AvgIpc) is 2.81. The van der Waals surface area contributed by atoms with E-state index in [4.69, 9.17) is 5.73 Å². The summed E-state index contributed by atoms with van der Waals surface area (Å²) in [5.41, 5.74) is 7.09. The van der Waals surface area contributed by atoms with E-state index < -0.39 is 0 Å². The van der Waals surface area contributed by atoms with E-state index in [2.05, 4.69) is 47.7 Å². The monoisotopic (exact) mass is 277 g/mol. The van der Waals surface area contributed by atoms with Gasteiger partial charge in [-0.15, -0.1) is 0 Å². The third-order valence-corrected chi connectivity index (χ3v) is 4.23. The molecule has 20 heavy (non-hydrogen) atoms. The van der Waals surface area contributed by atoms with Crippen molar-refractivity contribution >= 4 is 5.95 Å².